The molecule has 0 saturated carbocycles. The summed E-state index contributed by atoms with van der Waals surface area (Å²) < 4.78 is 20.2. The first kappa shape index (κ1) is 24.5. The van der Waals surface area contributed by atoms with Gasteiger partial charge in [0.05, 0.1) is 11.6 Å². The van der Waals surface area contributed by atoms with E-state index in [1.165, 1.54) is 6.07 Å². The van der Waals surface area contributed by atoms with Crippen LogP contribution in [0, 0.1) is 17.1 Å². The SMILES string of the molecule is CN1C=CN(Cc2ccc(-c3ccc(C[C@@H](C#N)NC(=O)C4(N)CCOCC4)c(F)c3)cc2)C=C1. The summed E-state index contributed by atoms with van der Waals surface area (Å²) in [4.78, 5) is 16.7. The van der Waals surface area contributed by atoms with Gasteiger partial charge >= 0.3 is 0 Å². The Hall–Kier alpha value is -3.67. The van der Waals surface area contributed by atoms with Crippen molar-refractivity contribution in [1.82, 2.24) is 15.1 Å². The molecule has 0 radical (unpaired) electrons. The average Bonchev–Trinajstić information content (AvgIpc) is 2.87. The van der Waals surface area contributed by atoms with Crippen molar-refractivity contribution in [1.29, 1.82) is 5.26 Å². The highest BCUT2D eigenvalue weighted by molar-refractivity contribution is 5.86. The molecule has 2 aliphatic rings. The zero-order valence-corrected chi connectivity index (χ0v) is 19.8. The molecule has 0 aliphatic carbocycles. The Morgan fingerprint density at radius 1 is 1.14 bits per heavy atom. The van der Waals surface area contributed by atoms with Gasteiger partial charge in [-0.15, -0.1) is 0 Å². The first-order valence-electron chi connectivity index (χ1n) is 11.7. The number of amides is 1. The molecule has 0 spiro atoms. The van der Waals surface area contributed by atoms with Gasteiger partial charge in [0.2, 0.25) is 5.91 Å². The third kappa shape index (κ3) is 6.07. The van der Waals surface area contributed by atoms with E-state index in [1.54, 1.807) is 6.07 Å². The maximum atomic E-state index is 14.9. The number of halogens is 1. The third-order valence-corrected chi connectivity index (χ3v) is 6.41. The molecule has 1 saturated heterocycles. The molecule has 1 atom stereocenters. The number of nitriles is 1. The highest BCUT2D eigenvalue weighted by atomic mass is 19.1. The Balaban J connectivity index is 1.39. The van der Waals surface area contributed by atoms with Gasteiger partial charge in [-0.2, -0.15) is 5.26 Å². The Kier molecular flexibility index (Phi) is 7.49. The standard InChI is InChI=1S/C27H30FN5O2/c1-32-10-12-33(13-11-32)19-20-2-4-21(5-3-20)22-6-7-23(25(28)17-22)16-24(18-29)31-26(34)27(30)8-14-35-15-9-27/h2-7,10-13,17,24H,8-9,14-16,19,30H2,1H3,(H,31,34)/t24-/m0/s1. The monoisotopic (exact) mass is 475 g/mol. The fraction of sp³-hybridized carbons (Fsp3) is 0.333. The molecule has 3 N–H and O–H groups in total. The third-order valence-electron chi connectivity index (χ3n) is 6.41. The van der Waals surface area contributed by atoms with Crippen molar-refractivity contribution in [3.63, 3.8) is 0 Å². The summed E-state index contributed by atoms with van der Waals surface area (Å²) in [6.07, 6.45) is 8.83. The number of carbonyl (C=O) groups excluding carboxylic acids is 1. The van der Waals surface area contributed by atoms with Crippen LogP contribution in [-0.2, 0) is 22.5 Å². The molecule has 0 aromatic heterocycles. The first-order chi connectivity index (χ1) is 16.9. The second kappa shape index (κ2) is 10.7. The van der Waals surface area contributed by atoms with Gasteiger partial charge < -0.3 is 25.6 Å². The van der Waals surface area contributed by atoms with Crippen LogP contribution in [0.3, 0.4) is 0 Å². The van der Waals surface area contributed by atoms with Crippen LogP contribution in [0.15, 0.2) is 67.3 Å². The van der Waals surface area contributed by atoms with E-state index in [-0.39, 0.29) is 6.42 Å². The maximum Gasteiger partial charge on any atom is 0.241 e. The Labute approximate surface area is 205 Å². The number of ether oxygens (including phenoxy) is 1. The topological polar surface area (TPSA) is 94.6 Å². The predicted molar refractivity (Wildman–Crippen MR) is 132 cm³/mol. The van der Waals surface area contributed by atoms with Crippen molar-refractivity contribution < 1.29 is 13.9 Å². The van der Waals surface area contributed by atoms with Gasteiger partial charge in [0.1, 0.15) is 11.9 Å². The van der Waals surface area contributed by atoms with E-state index in [2.05, 4.69) is 16.3 Å². The van der Waals surface area contributed by atoms with Crippen LogP contribution in [-0.4, -0.2) is 47.5 Å². The van der Waals surface area contributed by atoms with Crippen molar-refractivity contribution in [2.45, 2.75) is 37.4 Å². The van der Waals surface area contributed by atoms with Crippen LogP contribution in [0.2, 0.25) is 0 Å². The summed E-state index contributed by atoms with van der Waals surface area (Å²) >= 11 is 0. The van der Waals surface area contributed by atoms with Crippen LogP contribution in [0.25, 0.3) is 11.1 Å². The lowest BCUT2D eigenvalue weighted by Gasteiger charge is -2.32. The van der Waals surface area contributed by atoms with Crippen LogP contribution < -0.4 is 11.1 Å². The fourth-order valence-corrected chi connectivity index (χ4v) is 4.11. The molecule has 2 heterocycles. The molecular weight excluding hydrogens is 445 g/mol. The lowest BCUT2D eigenvalue weighted by molar-refractivity contribution is -0.130. The van der Waals surface area contributed by atoms with E-state index < -0.39 is 23.3 Å². The number of nitrogens with one attached hydrogen (secondary N) is 1. The van der Waals surface area contributed by atoms with E-state index in [0.717, 1.165) is 23.2 Å². The van der Waals surface area contributed by atoms with Gasteiger partial charge in [-0.25, -0.2) is 4.39 Å². The molecule has 8 heteroatoms. The summed E-state index contributed by atoms with van der Waals surface area (Å²) in [5, 5.41) is 12.2. The summed E-state index contributed by atoms with van der Waals surface area (Å²) in [7, 11) is 1.97. The van der Waals surface area contributed by atoms with Crippen molar-refractivity contribution in [3.05, 3.63) is 84.2 Å². The highest BCUT2D eigenvalue weighted by Crippen LogP contribution is 2.24. The van der Waals surface area contributed by atoms with Gasteiger partial charge in [0.25, 0.3) is 0 Å². The van der Waals surface area contributed by atoms with Crippen molar-refractivity contribution in [2.24, 2.45) is 5.73 Å². The highest BCUT2D eigenvalue weighted by Gasteiger charge is 2.37. The number of rotatable bonds is 7. The summed E-state index contributed by atoms with van der Waals surface area (Å²) in [5.41, 5.74) is 8.29. The number of benzene rings is 2. The molecule has 35 heavy (non-hydrogen) atoms. The zero-order chi connectivity index (χ0) is 24.8. The molecule has 182 valence electrons. The summed E-state index contributed by atoms with van der Waals surface area (Å²) in [6, 6.07) is 14.2. The minimum Gasteiger partial charge on any atom is -0.381 e. The summed E-state index contributed by atoms with van der Waals surface area (Å²) in [5.74, 6) is -0.811. The van der Waals surface area contributed by atoms with Gasteiger partial charge in [-0.1, -0.05) is 36.4 Å². The van der Waals surface area contributed by atoms with E-state index in [4.69, 9.17) is 10.5 Å². The predicted octanol–water partition coefficient (Wildman–Crippen LogP) is 3.24. The minimum absolute atomic E-state index is 0.0614. The van der Waals surface area contributed by atoms with Crippen LogP contribution in [0.1, 0.15) is 24.0 Å². The Bertz CT molecular complexity index is 1140. The van der Waals surface area contributed by atoms with E-state index >= 15 is 0 Å². The molecule has 7 nitrogen and oxygen atoms in total. The van der Waals surface area contributed by atoms with Gasteiger partial charge in [0, 0.05) is 58.0 Å². The average molecular weight is 476 g/mol. The Morgan fingerprint density at radius 3 is 2.43 bits per heavy atom. The smallest absolute Gasteiger partial charge is 0.241 e. The second-order valence-electron chi connectivity index (χ2n) is 9.06. The first-order valence-corrected chi connectivity index (χ1v) is 11.7. The van der Waals surface area contributed by atoms with Crippen molar-refractivity contribution in [3.8, 4) is 17.2 Å². The Morgan fingerprint density at radius 2 is 1.80 bits per heavy atom. The van der Waals surface area contributed by atoms with Crippen molar-refractivity contribution >= 4 is 5.91 Å². The zero-order valence-electron chi connectivity index (χ0n) is 19.8. The number of hydrogen-bond donors (Lipinski definition) is 2. The molecule has 4 rings (SSSR count). The lowest BCUT2D eigenvalue weighted by atomic mass is 9.90. The van der Waals surface area contributed by atoms with Crippen LogP contribution in [0.5, 0.6) is 0 Å². The summed E-state index contributed by atoms with van der Waals surface area (Å²) in [6.45, 7) is 1.55. The number of carbonyl (C=O) groups is 1. The van der Waals surface area contributed by atoms with Crippen molar-refractivity contribution in [2.75, 3.05) is 20.3 Å². The van der Waals surface area contributed by atoms with Gasteiger partial charge in [-0.3, -0.25) is 4.79 Å². The molecule has 2 aliphatic heterocycles. The van der Waals surface area contributed by atoms with E-state index in [1.807, 2.05) is 67.1 Å². The molecular formula is C27H30FN5O2. The molecule has 0 bridgehead atoms. The molecule has 2 aromatic rings. The molecule has 0 unspecified atom stereocenters. The van der Waals surface area contributed by atoms with E-state index in [0.29, 0.717) is 31.6 Å². The van der Waals surface area contributed by atoms with Gasteiger partial charge in [-0.05, 0) is 41.2 Å². The quantitative estimate of drug-likeness (QED) is 0.639. The molecule has 2 aromatic carbocycles. The minimum atomic E-state index is -1.06. The van der Waals surface area contributed by atoms with Gasteiger partial charge in [0.15, 0.2) is 0 Å². The van der Waals surface area contributed by atoms with Crippen LogP contribution in [0.4, 0.5) is 4.39 Å². The molecule has 1 amide bonds. The number of nitrogens with zero attached hydrogens (tertiary/aromatic N) is 3. The lowest BCUT2D eigenvalue weighted by Crippen LogP contribution is -2.58. The normalized spacial score (nSPS) is 17.7. The second-order valence-corrected chi connectivity index (χ2v) is 9.06. The van der Waals surface area contributed by atoms with Crippen LogP contribution >= 0.6 is 0 Å². The largest absolute Gasteiger partial charge is 0.381 e. The number of hydrogen-bond acceptors (Lipinski definition) is 6. The van der Waals surface area contributed by atoms with E-state index in [9.17, 15) is 14.4 Å². The maximum absolute atomic E-state index is 14.9. The molecule has 1 fully saturated rings. The fourth-order valence-electron chi connectivity index (χ4n) is 4.11. The number of nitrogens with two attached hydrogens (primary N) is 1.